The predicted molar refractivity (Wildman–Crippen MR) is 75.0 cm³/mol. The number of hydrogen-bond donors (Lipinski definition) is 1. The van der Waals surface area contributed by atoms with E-state index in [0.717, 1.165) is 4.31 Å². The summed E-state index contributed by atoms with van der Waals surface area (Å²) >= 11 is 0. The van der Waals surface area contributed by atoms with Crippen LogP contribution in [0.2, 0.25) is 0 Å². The number of rotatable bonds is 4. The summed E-state index contributed by atoms with van der Waals surface area (Å²) in [5, 5.41) is 4.12. The number of methoxy groups -OCH3 is 1. The Morgan fingerprint density at radius 1 is 1.43 bits per heavy atom. The molecule has 0 unspecified atom stereocenters. The fraction of sp³-hybridized carbons (Fsp3) is 0.667. The lowest BCUT2D eigenvalue weighted by Gasteiger charge is -2.21. The Morgan fingerprint density at radius 2 is 2.05 bits per heavy atom. The monoisotopic (exact) mass is 316 g/mol. The van der Waals surface area contributed by atoms with Gasteiger partial charge in [0.1, 0.15) is 10.9 Å². The number of sulfonamides is 1. The number of aryl methyl sites for hydroxylation is 2. The lowest BCUT2D eigenvalue weighted by atomic mass is 10.2. The van der Waals surface area contributed by atoms with Crippen molar-refractivity contribution < 1.29 is 17.9 Å². The van der Waals surface area contributed by atoms with E-state index in [2.05, 4.69) is 5.10 Å². The van der Waals surface area contributed by atoms with Crippen LogP contribution in [0.1, 0.15) is 17.8 Å². The molecule has 21 heavy (non-hydrogen) atoms. The zero-order valence-corrected chi connectivity index (χ0v) is 13.3. The summed E-state index contributed by atoms with van der Waals surface area (Å²) < 4.78 is 33.6. The van der Waals surface area contributed by atoms with Gasteiger partial charge in [-0.1, -0.05) is 0 Å². The molecule has 1 aliphatic rings. The molecule has 0 aromatic carbocycles. The molecule has 0 saturated carbocycles. The second-order valence-electron chi connectivity index (χ2n) is 5.21. The lowest BCUT2D eigenvalue weighted by Crippen LogP contribution is -2.43. The molecule has 0 aliphatic carbocycles. The molecule has 1 amide bonds. The van der Waals surface area contributed by atoms with Crippen molar-refractivity contribution in [1.29, 1.82) is 0 Å². The molecule has 1 aromatic rings. The van der Waals surface area contributed by atoms with Crippen LogP contribution in [0.15, 0.2) is 4.90 Å². The van der Waals surface area contributed by atoms with Gasteiger partial charge in [0.25, 0.3) is 0 Å². The van der Waals surface area contributed by atoms with E-state index < -0.39 is 22.0 Å². The minimum atomic E-state index is -3.85. The normalized spacial score (nSPS) is 23.6. The first-order valence-corrected chi connectivity index (χ1v) is 7.98. The van der Waals surface area contributed by atoms with E-state index in [-0.39, 0.29) is 24.0 Å². The Balaban J connectivity index is 2.50. The fourth-order valence-electron chi connectivity index (χ4n) is 2.71. The van der Waals surface area contributed by atoms with E-state index in [1.165, 1.54) is 11.8 Å². The molecule has 2 rings (SSSR count). The third-order valence-electron chi connectivity index (χ3n) is 3.89. The molecule has 1 saturated heterocycles. The van der Waals surface area contributed by atoms with Gasteiger partial charge in [0, 0.05) is 27.1 Å². The second-order valence-corrected chi connectivity index (χ2v) is 7.04. The summed E-state index contributed by atoms with van der Waals surface area (Å²) in [6.45, 7) is 3.42. The van der Waals surface area contributed by atoms with Crippen molar-refractivity contribution in [2.45, 2.75) is 37.3 Å². The van der Waals surface area contributed by atoms with Crippen LogP contribution in [0.5, 0.6) is 0 Å². The van der Waals surface area contributed by atoms with Gasteiger partial charge in [0.15, 0.2) is 0 Å². The minimum absolute atomic E-state index is 0.111. The van der Waals surface area contributed by atoms with Crippen molar-refractivity contribution in [3.05, 3.63) is 11.4 Å². The summed E-state index contributed by atoms with van der Waals surface area (Å²) in [5.74, 6) is -0.669. The second kappa shape index (κ2) is 5.39. The number of carbonyl (C=O) groups excluding carboxylic acids is 1. The Hall–Kier alpha value is -1.45. The maximum Gasteiger partial charge on any atom is 0.247 e. The molecule has 9 heteroatoms. The van der Waals surface area contributed by atoms with Crippen molar-refractivity contribution in [3.63, 3.8) is 0 Å². The number of nitrogens with zero attached hydrogens (tertiary/aromatic N) is 3. The van der Waals surface area contributed by atoms with Gasteiger partial charge < -0.3 is 10.5 Å². The van der Waals surface area contributed by atoms with E-state index in [9.17, 15) is 13.2 Å². The molecule has 2 N–H and O–H groups in total. The third-order valence-corrected chi connectivity index (χ3v) is 6.02. The fourth-order valence-corrected chi connectivity index (χ4v) is 4.75. The largest absolute Gasteiger partial charge is 0.380 e. The summed E-state index contributed by atoms with van der Waals surface area (Å²) in [4.78, 5) is 11.7. The summed E-state index contributed by atoms with van der Waals surface area (Å²) in [6.07, 6.45) is -0.0711. The van der Waals surface area contributed by atoms with E-state index >= 15 is 0 Å². The predicted octanol–water partition coefficient (Wildman–Crippen LogP) is -0.700. The zero-order valence-electron chi connectivity index (χ0n) is 12.5. The average Bonchev–Trinajstić information content (AvgIpc) is 2.92. The van der Waals surface area contributed by atoms with Gasteiger partial charge >= 0.3 is 0 Å². The van der Waals surface area contributed by atoms with Gasteiger partial charge in [-0.25, -0.2) is 8.42 Å². The summed E-state index contributed by atoms with van der Waals surface area (Å²) in [6, 6.07) is -0.890. The first-order chi connectivity index (χ1) is 9.70. The highest BCUT2D eigenvalue weighted by Gasteiger charge is 2.44. The van der Waals surface area contributed by atoms with Crippen molar-refractivity contribution in [2.75, 3.05) is 13.7 Å². The summed E-state index contributed by atoms with van der Waals surface area (Å²) in [5.41, 5.74) is 6.27. The lowest BCUT2D eigenvalue weighted by molar-refractivity contribution is -0.121. The van der Waals surface area contributed by atoms with Crippen LogP contribution in [0.25, 0.3) is 0 Å². The van der Waals surface area contributed by atoms with Gasteiger partial charge in [-0.2, -0.15) is 9.40 Å². The highest BCUT2D eigenvalue weighted by atomic mass is 32.2. The SMILES string of the molecule is CO[C@H]1C[C@@H](C(N)=O)N(S(=O)(=O)c2c(C)nn(C)c2C)C1. The van der Waals surface area contributed by atoms with Crippen LogP contribution in [-0.2, 0) is 26.6 Å². The maximum absolute atomic E-state index is 12.9. The molecule has 2 heterocycles. The number of primary amides is 1. The van der Waals surface area contributed by atoms with Gasteiger partial charge in [-0.15, -0.1) is 0 Å². The number of carbonyl (C=O) groups is 1. The van der Waals surface area contributed by atoms with Crippen LogP contribution in [0, 0.1) is 13.8 Å². The van der Waals surface area contributed by atoms with Crippen molar-refractivity contribution in [1.82, 2.24) is 14.1 Å². The highest BCUT2D eigenvalue weighted by Crippen LogP contribution is 2.30. The number of nitrogens with two attached hydrogens (primary N) is 1. The Bertz CT molecular complexity index is 667. The number of amides is 1. The molecule has 2 atom stereocenters. The molecule has 0 radical (unpaired) electrons. The molecular formula is C12H20N4O4S. The Kier molecular flexibility index (Phi) is 4.09. The first kappa shape index (κ1) is 15.9. The quantitative estimate of drug-likeness (QED) is 0.790. The van der Waals surface area contributed by atoms with Crippen LogP contribution >= 0.6 is 0 Å². The van der Waals surface area contributed by atoms with E-state index in [0.29, 0.717) is 11.4 Å². The Labute approximate surface area is 123 Å². The molecular weight excluding hydrogens is 296 g/mol. The molecule has 8 nitrogen and oxygen atoms in total. The first-order valence-electron chi connectivity index (χ1n) is 6.54. The molecule has 1 aromatic heterocycles. The molecule has 118 valence electrons. The van der Waals surface area contributed by atoms with Gasteiger partial charge in [0.05, 0.1) is 17.5 Å². The number of hydrogen-bond acceptors (Lipinski definition) is 5. The van der Waals surface area contributed by atoms with Crippen LogP contribution < -0.4 is 5.73 Å². The third kappa shape index (κ3) is 2.56. The zero-order chi connectivity index (χ0) is 15.9. The van der Waals surface area contributed by atoms with E-state index in [1.54, 1.807) is 20.9 Å². The smallest absolute Gasteiger partial charge is 0.247 e. The van der Waals surface area contributed by atoms with Gasteiger partial charge in [-0.05, 0) is 13.8 Å². The highest BCUT2D eigenvalue weighted by molar-refractivity contribution is 7.89. The average molecular weight is 316 g/mol. The summed E-state index contributed by atoms with van der Waals surface area (Å²) in [7, 11) is -0.686. The maximum atomic E-state index is 12.9. The topological polar surface area (TPSA) is 108 Å². The van der Waals surface area contributed by atoms with Crippen molar-refractivity contribution >= 4 is 15.9 Å². The van der Waals surface area contributed by atoms with Crippen molar-refractivity contribution in [2.24, 2.45) is 12.8 Å². The van der Waals surface area contributed by atoms with E-state index in [4.69, 9.17) is 10.5 Å². The van der Waals surface area contributed by atoms with E-state index in [1.807, 2.05) is 0 Å². The van der Waals surface area contributed by atoms with Crippen LogP contribution in [0.4, 0.5) is 0 Å². The van der Waals surface area contributed by atoms with Crippen LogP contribution in [0.3, 0.4) is 0 Å². The molecule has 1 aliphatic heterocycles. The molecule has 0 spiro atoms. The standard InChI is InChI=1S/C12H20N4O4S/c1-7-11(8(2)15(3)14-7)21(18,19)16-6-9(20-4)5-10(16)12(13)17/h9-10H,5-6H2,1-4H3,(H2,13,17)/t9-,10-/m0/s1. The molecule has 1 fully saturated rings. The minimum Gasteiger partial charge on any atom is -0.380 e. The molecule has 0 bridgehead atoms. The van der Waals surface area contributed by atoms with Crippen molar-refractivity contribution in [3.8, 4) is 0 Å². The van der Waals surface area contributed by atoms with Gasteiger partial charge in [-0.3, -0.25) is 9.48 Å². The van der Waals surface area contributed by atoms with Crippen LogP contribution in [-0.4, -0.2) is 54.2 Å². The number of aromatic nitrogens is 2. The van der Waals surface area contributed by atoms with Gasteiger partial charge in [0.2, 0.25) is 15.9 Å². The number of ether oxygens (including phenoxy) is 1. The Morgan fingerprint density at radius 3 is 2.48 bits per heavy atom.